The summed E-state index contributed by atoms with van der Waals surface area (Å²) >= 11 is 1.76. The van der Waals surface area contributed by atoms with Gasteiger partial charge in [0.2, 0.25) is 5.16 Å². The van der Waals surface area contributed by atoms with Crippen LogP contribution in [0.5, 0.6) is 0 Å². The number of hydrogen-bond acceptors (Lipinski definition) is 6. The summed E-state index contributed by atoms with van der Waals surface area (Å²) in [6.45, 7) is 15.7. The molecule has 1 fully saturated rings. The van der Waals surface area contributed by atoms with Crippen LogP contribution in [-0.4, -0.2) is 47.1 Å². The first-order chi connectivity index (χ1) is 20.0. The van der Waals surface area contributed by atoms with Crippen molar-refractivity contribution >= 4 is 23.1 Å². The first kappa shape index (κ1) is 31.3. The number of hydrogen-bond donors (Lipinski definition) is 0. The summed E-state index contributed by atoms with van der Waals surface area (Å²) in [4.78, 5) is 10.1. The van der Waals surface area contributed by atoms with Crippen molar-refractivity contribution in [2.24, 2.45) is 5.41 Å². The van der Waals surface area contributed by atoms with Crippen LogP contribution in [0.15, 0.2) is 53.7 Å². The zero-order valence-corrected chi connectivity index (χ0v) is 27.0. The van der Waals surface area contributed by atoms with Crippen LogP contribution in [0, 0.1) is 5.41 Å². The lowest BCUT2D eigenvalue weighted by Gasteiger charge is -2.24. The highest BCUT2D eigenvalue weighted by Gasteiger charge is 2.28. The zero-order valence-electron chi connectivity index (χ0n) is 26.2. The Morgan fingerprint density at radius 2 is 1.12 bits per heavy atom. The van der Waals surface area contributed by atoms with Gasteiger partial charge in [0.1, 0.15) is 11.4 Å². The second-order valence-electron chi connectivity index (χ2n) is 12.0. The number of thioether (sulfide) groups is 1. The maximum Gasteiger partial charge on any atom is 0.209 e. The molecule has 1 aliphatic rings. The van der Waals surface area contributed by atoms with Gasteiger partial charge in [0.25, 0.3) is 0 Å². The largest absolute Gasteiger partial charge is 0.372 e. The summed E-state index contributed by atoms with van der Waals surface area (Å²) < 4.78 is 0. The van der Waals surface area contributed by atoms with Gasteiger partial charge in [-0.25, -0.2) is 4.98 Å². The maximum atomic E-state index is 5.14. The Morgan fingerprint density at radius 1 is 0.659 bits per heavy atom. The van der Waals surface area contributed by atoms with Crippen molar-refractivity contribution in [1.82, 2.24) is 15.2 Å². The van der Waals surface area contributed by atoms with Gasteiger partial charge < -0.3 is 9.80 Å². The number of nitrogens with zero attached hydrogens (tertiary/aromatic N) is 5. The van der Waals surface area contributed by atoms with Gasteiger partial charge in [-0.3, -0.25) is 0 Å². The Balaban J connectivity index is 1.63. The van der Waals surface area contributed by atoms with Gasteiger partial charge in [0.15, 0.2) is 0 Å². The second-order valence-corrected chi connectivity index (χ2v) is 13.0. The second kappa shape index (κ2) is 15.6. The number of aromatic nitrogens is 3. The Morgan fingerprint density at radius 3 is 1.59 bits per heavy atom. The van der Waals surface area contributed by atoms with Crippen LogP contribution in [0.4, 0.5) is 11.4 Å². The van der Waals surface area contributed by atoms with Gasteiger partial charge in [0.05, 0.1) is 0 Å². The molecule has 222 valence electrons. The topological polar surface area (TPSA) is 45.2 Å². The van der Waals surface area contributed by atoms with Gasteiger partial charge in [-0.2, -0.15) is 0 Å². The van der Waals surface area contributed by atoms with E-state index in [-0.39, 0.29) is 0 Å². The van der Waals surface area contributed by atoms with Gasteiger partial charge in [-0.1, -0.05) is 83.5 Å². The van der Waals surface area contributed by atoms with Crippen molar-refractivity contribution < 1.29 is 0 Å². The van der Waals surface area contributed by atoms with E-state index in [0.717, 1.165) is 85.3 Å². The molecule has 0 N–H and O–H groups in total. The minimum atomic E-state index is 0.479. The molecule has 0 saturated heterocycles. The third kappa shape index (κ3) is 8.47. The molecule has 6 heteroatoms. The van der Waals surface area contributed by atoms with Crippen molar-refractivity contribution in [3.05, 3.63) is 48.5 Å². The fourth-order valence-corrected chi connectivity index (χ4v) is 7.15. The Kier molecular flexibility index (Phi) is 11.9. The summed E-state index contributed by atoms with van der Waals surface area (Å²) in [5, 5.41) is 10.2. The molecular formula is C35H51N5S. The predicted molar refractivity (Wildman–Crippen MR) is 178 cm³/mol. The molecule has 0 radical (unpaired) electrons. The maximum absolute atomic E-state index is 5.14. The van der Waals surface area contributed by atoms with Crippen LogP contribution < -0.4 is 9.80 Å². The summed E-state index contributed by atoms with van der Waals surface area (Å²) in [7, 11) is 0. The van der Waals surface area contributed by atoms with Crippen LogP contribution in [0.25, 0.3) is 22.5 Å². The van der Waals surface area contributed by atoms with Gasteiger partial charge in [-0.05, 0) is 74.6 Å². The van der Waals surface area contributed by atoms with Crippen molar-refractivity contribution in [3.63, 3.8) is 0 Å². The highest BCUT2D eigenvalue weighted by atomic mass is 32.2. The number of benzene rings is 2. The molecule has 1 aliphatic carbocycles. The smallest absolute Gasteiger partial charge is 0.209 e. The molecule has 0 bridgehead atoms. The molecule has 0 unspecified atom stereocenters. The van der Waals surface area contributed by atoms with E-state index in [9.17, 15) is 0 Å². The fraction of sp³-hybridized carbons (Fsp3) is 0.571. The Bertz CT molecular complexity index is 1180. The molecule has 3 aromatic rings. The third-order valence-corrected chi connectivity index (χ3v) is 9.24. The summed E-state index contributed by atoms with van der Waals surface area (Å²) in [5.41, 5.74) is 6.96. The molecule has 5 nitrogen and oxygen atoms in total. The van der Waals surface area contributed by atoms with Crippen LogP contribution in [0.2, 0.25) is 0 Å². The monoisotopic (exact) mass is 573 g/mol. The van der Waals surface area contributed by atoms with Gasteiger partial charge in [0, 0.05) is 54.4 Å². The molecule has 1 saturated carbocycles. The van der Waals surface area contributed by atoms with Crippen LogP contribution in [-0.2, 0) is 0 Å². The summed E-state index contributed by atoms with van der Waals surface area (Å²) in [6, 6.07) is 17.8. The van der Waals surface area contributed by atoms with Crippen molar-refractivity contribution in [2.45, 2.75) is 97.6 Å². The van der Waals surface area contributed by atoms with E-state index in [1.165, 1.54) is 43.5 Å². The molecule has 41 heavy (non-hydrogen) atoms. The highest BCUT2D eigenvalue weighted by molar-refractivity contribution is 7.99. The molecule has 4 rings (SSSR count). The van der Waals surface area contributed by atoms with E-state index < -0.39 is 0 Å². The molecule has 0 aliphatic heterocycles. The van der Waals surface area contributed by atoms with Crippen molar-refractivity contribution in [1.29, 1.82) is 0 Å². The van der Waals surface area contributed by atoms with E-state index in [4.69, 9.17) is 10.1 Å². The zero-order chi connectivity index (χ0) is 29.1. The molecular weight excluding hydrogens is 522 g/mol. The lowest BCUT2D eigenvalue weighted by molar-refractivity contribution is 0.326. The molecule has 0 spiro atoms. The number of anilines is 2. The van der Waals surface area contributed by atoms with Crippen LogP contribution >= 0.6 is 11.8 Å². The number of rotatable bonds is 16. The Labute approximate surface area is 253 Å². The summed E-state index contributed by atoms with van der Waals surface area (Å²) in [5.74, 6) is 1.04. The quantitative estimate of drug-likeness (QED) is 0.159. The SMILES string of the molecule is CCCN(CCC)c1ccc(-c2nnc(SCCC3(C)CCCC3)nc2-c2ccc(N(CCC)CCC)cc2)cc1. The molecule has 0 amide bonds. The van der Waals surface area contributed by atoms with E-state index in [1.54, 1.807) is 11.8 Å². The predicted octanol–water partition coefficient (Wildman–Crippen LogP) is 9.52. The van der Waals surface area contributed by atoms with E-state index >= 15 is 0 Å². The molecule has 0 atom stereocenters. The third-order valence-electron chi connectivity index (χ3n) is 8.40. The fourth-order valence-electron chi connectivity index (χ4n) is 6.12. The van der Waals surface area contributed by atoms with Crippen molar-refractivity contribution in [2.75, 3.05) is 41.7 Å². The van der Waals surface area contributed by atoms with Crippen LogP contribution in [0.1, 0.15) is 92.4 Å². The van der Waals surface area contributed by atoms with E-state index in [2.05, 4.69) is 98.0 Å². The lowest BCUT2D eigenvalue weighted by Crippen LogP contribution is -2.24. The van der Waals surface area contributed by atoms with Gasteiger partial charge >= 0.3 is 0 Å². The minimum Gasteiger partial charge on any atom is -0.372 e. The minimum absolute atomic E-state index is 0.479. The van der Waals surface area contributed by atoms with Gasteiger partial charge in [-0.15, -0.1) is 10.2 Å². The lowest BCUT2D eigenvalue weighted by atomic mass is 9.86. The molecule has 1 aromatic heterocycles. The first-order valence-corrected chi connectivity index (χ1v) is 17.1. The normalized spacial score (nSPS) is 14.4. The summed E-state index contributed by atoms with van der Waals surface area (Å²) in [6.07, 6.45) is 11.2. The highest BCUT2D eigenvalue weighted by Crippen LogP contribution is 2.41. The van der Waals surface area contributed by atoms with E-state index in [0.29, 0.717) is 5.41 Å². The van der Waals surface area contributed by atoms with Crippen LogP contribution in [0.3, 0.4) is 0 Å². The average molecular weight is 574 g/mol. The average Bonchev–Trinajstić information content (AvgIpc) is 3.43. The van der Waals surface area contributed by atoms with E-state index in [1.807, 2.05) is 0 Å². The standard InChI is InChI=1S/C35H51N5S/c1-6-23-39(24-7-2)30-16-12-28(13-17-30)32-33(29-14-18-31(19-15-29)40(25-8-3)26-9-4)37-38-34(36-32)41-27-22-35(5)20-10-11-21-35/h12-19H,6-11,20-27H2,1-5H3. The molecule has 2 aromatic carbocycles. The van der Waals surface area contributed by atoms with Crippen molar-refractivity contribution in [3.8, 4) is 22.5 Å². The Hall–Kier alpha value is -2.60. The molecule has 1 heterocycles. The first-order valence-electron chi connectivity index (χ1n) is 16.1.